The molecule has 9 heteroatoms. The topological polar surface area (TPSA) is 103 Å². The van der Waals surface area contributed by atoms with Gasteiger partial charge in [0.2, 0.25) is 6.17 Å². The Balaban J connectivity index is 1.53. The standard InChI is InChI=1S/C34H45N5O4/c1-7-18-38-26-14-9-8-13-25(26)28(27-21-34(5,6)17-19-39(27)32(42)43-33(2,3)4)36-29(30(38)40)37-31(41)35-24-16-15-22-11-10-12-23(22)20-24/h8-9,13-16,20,27,29H,7,10-12,17-19,21H2,1-6H3,(H2,35,37,41)/t27-,29+/m1/s1. The summed E-state index contributed by atoms with van der Waals surface area (Å²) in [4.78, 5) is 49.4. The summed E-state index contributed by atoms with van der Waals surface area (Å²) in [5.41, 5.74) is 4.62. The summed E-state index contributed by atoms with van der Waals surface area (Å²) in [6.07, 6.45) is 3.76. The lowest BCUT2D eigenvalue weighted by Crippen LogP contribution is -2.54. The van der Waals surface area contributed by atoms with Crippen molar-refractivity contribution in [2.24, 2.45) is 10.4 Å². The highest BCUT2D eigenvalue weighted by atomic mass is 16.6. The van der Waals surface area contributed by atoms with Crippen molar-refractivity contribution in [1.82, 2.24) is 10.2 Å². The van der Waals surface area contributed by atoms with Gasteiger partial charge in [-0.05, 0) is 94.0 Å². The molecule has 230 valence electrons. The maximum Gasteiger partial charge on any atom is 0.410 e. The predicted molar refractivity (Wildman–Crippen MR) is 170 cm³/mol. The summed E-state index contributed by atoms with van der Waals surface area (Å²) in [7, 11) is 0. The van der Waals surface area contributed by atoms with Crippen LogP contribution in [0.3, 0.4) is 0 Å². The van der Waals surface area contributed by atoms with Gasteiger partial charge in [0.1, 0.15) is 5.60 Å². The summed E-state index contributed by atoms with van der Waals surface area (Å²) in [6, 6.07) is 12.7. The Labute approximate surface area is 255 Å². The quantitative estimate of drug-likeness (QED) is 0.429. The van der Waals surface area contributed by atoms with Crippen LogP contribution in [0.15, 0.2) is 47.5 Å². The highest BCUT2D eigenvalue weighted by Crippen LogP contribution is 2.38. The summed E-state index contributed by atoms with van der Waals surface area (Å²) in [5.74, 6) is -0.313. The molecule has 2 aromatic rings. The molecule has 2 N–H and O–H groups in total. The fourth-order valence-electron chi connectivity index (χ4n) is 6.31. The van der Waals surface area contributed by atoms with Crippen molar-refractivity contribution in [3.8, 4) is 0 Å². The van der Waals surface area contributed by atoms with Gasteiger partial charge in [0.05, 0.1) is 17.4 Å². The van der Waals surface area contributed by atoms with Gasteiger partial charge < -0.3 is 20.3 Å². The van der Waals surface area contributed by atoms with E-state index in [1.807, 2.05) is 64.1 Å². The normalized spacial score (nSPS) is 21.3. The van der Waals surface area contributed by atoms with E-state index >= 15 is 0 Å². The number of amides is 4. The maximum absolute atomic E-state index is 14.1. The van der Waals surface area contributed by atoms with E-state index in [9.17, 15) is 14.4 Å². The molecule has 4 amide bonds. The number of rotatable bonds is 5. The number of piperidine rings is 1. The molecule has 0 unspecified atom stereocenters. The van der Waals surface area contributed by atoms with Gasteiger partial charge in [-0.25, -0.2) is 9.59 Å². The Morgan fingerprint density at radius 1 is 1.09 bits per heavy atom. The van der Waals surface area contributed by atoms with E-state index in [1.165, 1.54) is 11.1 Å². The van der Waals surface area contributed by atoms with Crippen molar-refractivity contribution in [2.75, 3.05) is 23.3 Å². The zero-order valence-electron chi connectivity index (χ0n) is 26.3. The lowest BCUT2D eigenvalue weighted by Gasteiger charge is -2.44. The molecule has 1 saturated heterocycles. The van der Waals surface area contributed by atoms with E-state index < -0.39 is 29.9 Å². The van der Waals surface area contributed by atoms with Crippen LogP contribution in [0.1, 0.15) is 83.9 Å². The zero-order chi connectivity index (χ0) is 30.9. The van der Waals surface area contributed by atoms with Gasteiger partial charge in [0.25, 0.3) is 5.91 Å². The molecule has 1 aliphatic carbocycles. The average Bonchev–Trinajstić information content (AvgIpc) is 3.36. The largest absolute Gasteiger partial charge is 0.444 e. The SMILES string of the molecule is CCCN1C(=O)[C@H](NC(=O)Nc2ccc3c(c2)CCC3)N=C([C@H]2CC(C)(C)CCN2C(=O)OC(C)(C)C)c2ccccc21. The number of hydrogen-bond acceptors (Lipinski definition) is 5. The van der Waals surface area contributed by atoms with Crippen LogP contribution in [-0.2, 0) is 22.4 Å². The van der Waals surface area contributed by atoms with Gasteiger partial charge in [-0.15, -0.1) is 0 Å². The van der Waals surface area contributed by atoms with Crippen LogP contribution < -0.4 is 15.5 Å². The second-order valence-corrected chi connectivity index (χ2v) is 13.7. The predicted octanol–water partition coefficient (Wildman–Crippen LogP) is 6.29. The molecule has 2 atom stereocenters. The Morgan fingerprint density at radius 2 is 1.84 bits per heavy atom. The highest BCUT2D eigenvalue weighted by molar-refractivity contribution is 6.16. The number of nitrogens with zero attached hydrogens (tertiary/aromatic N) is 3. The van der Waals surface area contributed by atoms with Crippen molar-refractivity contribution >= 4 is 35.1 Å². The van der Waals surface area contributed by atoms with Crippen molar-refractivity contribution in [3.05, 3.63) is 59.2 Å². The number of aryl methyl sites for hydroxylation is 2. The van der Waals surface area contributed by atoms with Gasteiger partial charge in [-0.3, -0.25) is 14.7 Å². The number of likely N-dealkylation sites (tertiary alicyclic amines) is 1. The van der Waals surface area contributed by atoms with Crippen LogP contribution in [0.2, 0.25) is 0 Å². The molecule has 0 radical (unpaired) electrons. The maximum atomic E-state index is 14.1. The molecule has 1 fully saturated rings. The van der Waals surface area contributed by atoms with Crippen LogP contribution in [0.4, 0.5) is 21.0 Å². The molecule has 5 rings (SSSR count). The lowest BCUT2D eigenvalue weighted by molar-refractivity contribution is -0.120. The molecule has 0 aromatic heterocycles. The highest BCUT2D eigenvalue weighted by Gasteiger charge is 2.43. The smallest absolute Gasteiger partial charge is 0.410 e. The first-order valence-electron chi connectivity index (χ1n) is 15.5. The molecule has 2 heterocycles. The number of carbonyl (C=O) groups is 3. The second kappa shape index (κ2) is 12.0. The number of fused-ring (bicyclic) bond motifs is 2. The summed E-state index contributed by atoms with van der Waals surface area (Å²) >= 11 is 0. The molecule has 0 bridgehead atoms. The van der Waals surface area contributed by atoms with Crippen molar-refractivity contribution in [2.45, 2.75) is 97.9 Å². The van der Waals surface area contributed by atoms with Crippen LogP contribution in [0, 0.1) is 5.41 Å². The van der Waals surface area contributed by atoms with Gasteiger partial charge >= 0.3 is 12.1 Å². The van der Waals surface area contributed by atoms with E-state index in [2.05, 4.69) is 30.5 Å². The number of hydrogen-bond donors (Lipinski definition) is 2. The van der Waals surface area contributed by atoms with E-state index in [0.29, 0.717) is 30.9 Å². The third-order valence-corrected chi connectivity index (χ3v) is 8.41. The molecule has 9 nitrogen and oxygen atoms in total. The second-order valence-electron chi connectivity index (χ2n) is 13.7. The summed E-state index contributed by atoms with van der Waals surface area (Å²) in [5, 5.41) is 5.77. The Bertz CT molecular complexity index is 1430. The molecule has 43 heavy (non-hydrogen) atoms. The number of anilines is 2. The van der Waals surface area contributed by atoms with Gasteiger partial charge in [-0.2, -0.15) is 0 Å². The number of ether oxygens (including phenoxy) is 1. The Morgan fingerprint density at radius 3 is 2.58 bits per heavy atom. The first-order chi connectivity index (χ1) is 20.3. The Hall–Kier alpha value is -3.88. The minimum Gasteiger partial charge on any atom is -0.444 e. The number of aliphatic imine (C=N–C) groups is 1. The average molecular weight is 588 g/mol. The number of benzodiazepines with no additional fused rings is 1. The van der Waals surface area contributed by atoms with Crippen molar-refractivity contribution < 1.29 is 19.1 Å². The minimum absolute atomic E-state index is 0.0755. The molecule has 0 saturated carbocycles. The number of para-hydroxylation sites is 1. The van der Waals surface area contributed by atoms with Gasteiger partial charge in [0, 0.05) is 24.3 Å². The molecule has 0 spiro atoms. The van der Waals surface area contributed by atoms with Crippen molar-refractivity contribution in [1.29, 1.82) is 0 Å². The van der Waals surface area contributed by atoms with Crippen LogP contribution in [0.5, 0.6) is 0 Å². The number of urea groups is 1. The minimum atomic E-state index is -1.17. The van der Waals surface area contributed by atoms with Crippen molar-refractivity contribution in [3.63, 3.8) is 0 Å². The van der Waals surface area contributed by atoms with E-state index in [1.54, 1.807) is 9.80 Å². The fraction of sp³-hybridized carbons (Fsp3) is 0.529. The number of benzene rings is 2. The number of nitrogens with one attached hydrogen (secondary N) is 2. The van der Waals surface area contributed by atoms with Crippen LogP contribution in [0.25, 0.3) is 0 Å². The summed E-state index contributed by atoms with van der Waals surface area (Å²) in [6.45, 7) is 12.9. The Kier molecular flexibility index (Phi) is 8.54. The van der Waals surface area contributed by atoms with Gasteiger partial charge in [0.15, 0.2) is 0 Å². The third-order valence-electron chi connectivity index (χ3n) is 8.41. The lowest BCUT2D eigenvalue weighted by atomic mass is 9.76. The molecule has 2 aromatic carbocycles. The molecular formula is C34H45N5O4. The van der Waals surface area contributed by atoms with E-state index in [-0.39, 0.29) is 11.3 Å². The summed E-state index contributed by atoms with van der Waals surface area (Å²) < 4.78 is 5.83. The molecule has 3 aliphatic rings. The monoisotopic (exact) mass is 587 g/mol. The van der Waals surface area contributed by atoms with Crippen LogP contribution >= 0.6 is 0 Å². The fourth-order valence-corrected chi connectivity index (χ4v) is 6.31. The molecule has 2 aliphatic heterocycles. The number of carbonyl (C=O) groups excluding carboxylic acids is 3. The first-order valence-corrected chi connectivity index (χ1v) is 15.5. The van der Waals surface area contributed by atoms with E-state index in [0.717, 1.165) is 43.4 Å². The van der Waals surface area contributed by atoms with E-state index in [4.69, 9.17) is 9.73 Å². The van der Waals surface area contributed by atoms with Crippen LogP contribution in [-0.4, -0.2) is 59.5 Å². The first kappa shape index (κ1) is 30.6. The van der Waals surface area contributed by atoms with Gasteiger partial charge in [-0.1, -0.05) is 45.0 Å². The zero-order valence-corrected chi connectivity index (χ0v) is 26.3. The molecular weight excluding hydrogens is 542 g/mol. The third kappa shape index (κ3) is 6.86.